The second-order valence-corrected chi connectivity index (χ2v) is 4.34. The molecule has 98 valence electrons. The van der Waals surface area contributed by atoms with E-state index < -0.39 is 5.97 Å². The Balaban J connectivity index is 2.44. The lowest BCUT2D eigenvalue weighted by molar-refractivity contribution is -0.143. The minimum atomic E-state index is -0.506. The summed E-state index contributed by atoms with van der Waals surface area (Å²) in [4.78, 5) is 23.1. The fourth-order valence-corrected chi connectivity index (χ4v) is 1.28. The van der Waals surface area contributed by atoms with E-state index in [1.807, 2.05) is 13.8 Å². The van der Waals surface area contributed by atoms with E-state index in [0.717, 1.165) is 6.42 Å². The second-order valence-electron chi connectivity index (χ2n) is 4.34. The van der Waals surface area contributed by atoms with Crippen LogP contribution in [0.25, 0.3) is 0 Å². The molecule has 0 saturated carbocycles. The molecule has 0 unspecified atom stereocenters. The summed E-state index contributed by atoms with van der Waals surface area (Å²) in [7, 11) is 0. The Labute approximate surface area is 107 Å². The Hall–Kier alpha value is -1.84. The van der Waals surface area contributed by atoms with Crippen molar-refractivity contribution in [2.75, 3.05) is 6.61 Å². The predicted octanol–water partition coefficient (Wildman–Crippen LogP) is 2.55. The van der Waals surface area contributed by atoms with Crippen molar-refractivity contribution in [2.24, 2.45) is 5.92 Å². The van der Waals surface area contributed by atoms with Crippen LogP contribution < -0.4 is 0 Å². The molecule has 0 amide bonds. The lowest BCUT2D eigenvalue weighted by Crippen LogP contribution is -2.15. The monoisotopic (exact) mass is 250 g/mol. The molecule has 0 radical (unpaired) electrons. The molecule has 1 atom stereocenters. The molecular weight excluding hydrogens is 232 g/mol. The van der Waals surface area contributed by atoms with E-state index in [-0.39, 0.29) is 18.0 Å². The van der Waals surface area contributed by atoms with Crippen LogP contribution in [0, 0.1) is 5.92 Å². The number of rotatable bonds is 6. The van der Waals surface area contributed by atoms with E-state index in [1.54, 1.807) is 0 Å². The van der Waals surface area contributed by atoms with Crippen molar-refractivity contribution < 1.29 is 19.4 Å². The second kappa shape index (κ2) is 6.79. The van der Waals surface area contributed by atoms with Gasteiger partial charge in [0.1, 0.15) is 12.2 Å². The number of aromatic hydroxyl groups is 1. The highest BCUT2D eigenvalue weighted by Crippen LogP contribution is 2.12. The molecule has 1 aromatic rings. The van der Waals surface area contributed by atoms with Crippen LogP contribution in [0.3, 0.4) is 0 Å². The van der Waals surface area contributed by atoms with Crippen LogP contribution in [-0.2, 0) is 9.53 Å². The zero-order valence-corrected chi connectivity index (χ0v) is 10.7. The van der Waals surface area contributed by atoms with Crippen LogP contribution in [-0.4, -0.2) is 23.5 Å². The summed E-state index contributed by atoms with van der Waals surface area (Å²) in [5.41, 5.74) is 0.397. The molecule has 0 spiro atoms. The Morgan fingerprint density at radius 3 is 2.44 bits per heavy atom. The summed E-state index contributed by atoms with van der Waals surface area (Å²) in [5, 5.41) is 9.09. The highest BCUT2D eigenvalue weighted by molar-refractivity contribution is 6.05. The van der Waals surface area contributed by atoms with Gasteiger partial charge < -0.3 is 9.84 Å². The van der Waals surface area contributed by atoms with E-state index in [1.165, 1.54) is 24.3 Å². The summed E-state index contributed by atoms with van der Waals surface area (Å²) in [6.07, 6.45) is 0.667. The topological polar surface area (TPSA) is 63.6 Å². The molecule has 0 aliphatic heterocycles. The highest BCUT2D eigenvalue weighted by atomic mass is 16.5. The Morgan fingerprint density at radius 1 is 1.28 bits per heavy atom. The molecule has 0 aliphatic carbocycles. The van der Waals surface area contributed by atoms with Gasteiger partial charge in [0, 0.05) is 5.56 Å². The average molecular weight is 250 g/mol. The van der Waals surface area contributed by atoms with E-state index in [0.29, 0.717) is 18.1 Å². The molecule has 1 rings (SSSR count). The number of ketones is 1. The number of hydrogen-bond donors (Lipinski definition) is 1. The molecule has 4 heteroatoms. The van der Waals surface area contributed by atoms with E-state index in [2.05, 4.69) is 0 Å². The Morgan fingerprint density at radius 2 is 1.89 bits per heavy atom. The van der Waals surface area contributed by atoms with Crippen molar-refractivity contribution >= 4 is 11.8 Å². The standard InChI is InChI=1S/C14H18O4/c1-3-10(2)9-18-14(17)8-13(16)11-4-6-12(15)7-5-11/h4-7,10,15H,3,8-9H2,1-2H3/t10-/m0/s1. The van der Waals surface area contributed by atoms with Gasteiger partial charge in [0.2, 0.25) is 0 Å². The van der Waals surface area contributed by atoms with Gasteiger partial charge in [0.05, 0.1) is 6.61 Å². The van der Waals surface area contributed by atoms with E-state index in [4.69, 9.17) is 9.84 Å². The lowest BCUT2D eigenvalue weighted by Gasteiger charge is -2.09. The third-order valence-electron chi connectivity index (χ3n) is 2.72. The predicted molar refractivity (Wildman–Crippen MR) is 67.5 cm³/mol. The van der Waals surface area contributed by atoms with Gasteiger partial charge in [-0.05, 0) is 30.2 Å². The molecule has 0 saturated heterocycles. The van der Waals surface area contributed by atoms with Crippen molar-refractivity contribution in [1.82, 2.24) is 0 Å². The van der Waals surface area contributed by atoms with E-state index in [9.17, 15) is 9.59 Å². The number of esters is 1. The molecule has 0 bridgehead atoms. The van der Waals surface area contributed by atoms with Crippen molar-refractivity contribution in [3.05, 3.63) is 29.8 Å². The van der Waals surface area contributed by atoms with Crippen LogP contribution in [0.15, 0.2) is 24.3 Å². The first kappa shape index (κ1) is 14.2. The largest absolute Gasteiger partial charge is 0.508 e. The van der Waals surface area contributed by atoms with Gasteiger partial charge in [-0.1, -0.05) is 20.3 Å². The Bertz CT molecular complexity index is 408. The molecule has 1 N–H and O–H groups in total. The van der Waals surface area contributed by atoms with Crippen LogP contribution in [0.5, 0.6) is 5.75 Å². The van der Waals surface area contributed by atoms with Crippen molar-refractivity contribution in [2.45, 2.75) is 26.7 Å². The zero-order chi connectivity index (χ0) is 13.5. The molecule has 0 fully saturated rings. The quantitative estimate of drug-likeness (QED) is 0.479. The van der Waals surface area contributed by atoms with Gasteiger partial charge in [-0.3, -0.25) is 9.59 Å². The number of Topliss-reactive ketones (excluding diaryl/α,β-unsaturated/α-hetero) is 1. The van der Waals surface area contributed by atoms with Gasteiger partial charge in [0.15, 0.2) is 5.78 Å². The summed E-state index contributed by atoms with van der Waals surface area (Å²) in [5.74, 6) is -0.416. The van der Waals surface area contributed by atoms with Gasteiger partial charge in [-0.2, -0.15) is 0 Å². The fraction of sp³-hybridized carbons (Fsp3) is 0.429. The highest BCUT2D eigenvalue weighted by Gasteiger charge is 2.13. The van der Waals surface area contributed by atoms with Crippen LogP contribution in [0.2, 0.25) is 0 Å². The molecule has 1 aromatic carbocycles. The Kier molecular flexibility index (Phi) is 5.36. The minimum Gasteiger partial charge on any atom is -0.508 e. The van der Waals surface area contributed by atoms with Gasteiger partial charge >= 0.3 is 5.97 Å². The number of carbonyl (C=O) groups is 2. The minimum absolute atomic E-state index is 0.0888. The maximum Gasteiger partial charge on any atom is 0.313 e. The van der Waals surface area contributed by atoms with Crippen molar-refractivity contribution in [3.63, 3.8) is 0 Å². The molecular formula is C14H18O4. The first-order chi connectivity index (χ1) is 8.52. The molecule has 18 heavy (non-hydrogen) atoms. The van der Waals surface area contributed by atoms with Crippen LogP contribution >= 0.6 is 0 Å². The molecule has 4 nitrogen and oxygen atoms in total. The van der Waals surface area contributed by atoms with Gasteiger partial charge in [-0.15, -0.1) is 0 Å². The number of phenolic OH excluding ortho intramolecular Hbond substituents is 1. The summed E-state index contributed by atoms with van der Waals surface area (Å²) >= 11 is 0. The van der Waals surface area contributed by atoms with Crippen LogP contribution in [0.4, 0.5) is 0 Å². The summed E-state index contributed by atoms with van der Waals surface area (Å²) in [6.45, 7) is 4.34. The van der Waals surface area contributed by atoms with Crippen molar-refractivity contribution in [3.8, 4) is 5.75 Å². The number of carbonyl (C=O) groups excluding carboxylic acids is 2. The first-order valence-electron chi connectivity index (χ1n) is 6.00. The number of ether oxygens (including phenoxy) is 1. The summed E-state index contributed by atoms with van der Waals surface area (Å²) in [6, 6.07) is 5.80. The molecule has 0 aliphatic rings. The number of hydrogen-bond acceptors (Lipinski definition) is 4. The first-order valence-corrected chi connectivity index (χ1v) is 6.00. The van der Waals surface area contributed by atoms with Gasteiger partial charge in [-0.25, -0.2) is 0 Å². The van der Waals surface area contributed by atoms with Gasteiger partial charge in [0.25, 0.3) is 0 Å². The maximum atomic E-state index is 11.7. The lowest BCUT2D eigenvalue weighted by atomic mass is 10.1. The summed E-state index contributed by atoms with van der Waals surface area (Å²) < 4.78 is 5.00. The number of benzene rings is 1. The third kappa shape index (κ3) is 4.57. The fourth-order valence-electron chi connectivity index (χ4n) is 1.28. The number of phenols is 1. The molecule has 0 aromatic heterocycles. The zero-order valence-electron chi connectivity index (χ0n) is 10.7. The third-order valence-corrected chi connectivity index (χ3v) is 2.72. The smallest absolute Gasteiger partial charge is 0.313 e. The van der Waals surface area contributed by atoms with Crippen molar-refractivity contribution in [1.29, 1.82) is 0 Å². The van der Waals surface area contributed by atoms with Crippen LogP contribution in [0.1, 0.15) is 37.0 Å². The molecule has 0 heterocycles. The maximum absolute atomic E-state index is 11.7. The SMILES string of the molecule is CC[C@H](C)COC(=O)CC(=O)c1ccc(O)cc1. The normalized spacial score (nSPS) is 11.9. The van der Waals surface area contributed by atoms with E-state index >= 15 is 0 Å². The average Bonchev–Trinajstić information content (AvgIpc) is 2.36.